The van der Waals surface area contributed by atoms with Gasteiger partial charge < -0.3 is 14.4 Å². The number of nitriles is 1. The molecule has 1 fully saturated rings. The highest BCUT2D eigenvalue weighted by Gasteiger charge is 2.32. The molecule has 1 unspecified atom stereocenters. The van der Waals surface area contributed by atoms with Crippen LogP contribution in [0.1, 0.15) is 68.1 Å². The molecule has 0 radical (unpaired) electrons. The molecule has 1 aliphatic heterocycles. The summed E-state index contributed by atoms with van der Waals surface area (Å²) in [6, 6.07) is 15.3. The number of amides is 1. The van der Waals surface area contributed by atoms with E-state index in [9.17, 15) is 14.9 Å². The summed E-state index contributed by atoms with van der Waals surface area (Å²) in [4.78, 5) is 26.4. The van der Waals surface area contributed by atoms with Gasteiger partial charge in [-0.05, 0) is 93.5 Å². The molecule has 0 aromatic heterocycles. The molecule has 1 heterocycles. The van der Waals surface area contributed by atoms with E-state index in [-0.39, 0.29) is 23.9 Å². The Hall–Kier alpha value is -3.17. The van der Waals surface area contributed by atoms with Crippen LogP contribution in [-0.2, 0) is 9.47 Å². The summed E-state index contributed by atoms with van der Waals surface area (Å²) in [5.41, 5.74) is 3.35. The average molecular weight is 449 g/mol. The molecule has 1 atom stereocenters. The van der Waals surface area contributed by atoms with E-state index in [1.165, 1.54) is 0 Å². The topological polar surface area (TPSA) is 79.6 Å². The van der Waals surface area contributed by atoms with E-state index in [2.05, 4.69) is 6.07 Å². The van der Waals surface area contributed by atoms with Crippen molar-refractivity contribution in [2.45, 2.75) is 52.2 Å². The Bertz CT molecular complexity index is 1060. The van der Waals surface area contributed by atoms with Crippen LogP contribution >= 0.6 is 0 Å². The Labute approximate surface area is 196 Å². The van der Waals surface area contributed by atoms with Crippen LogP contribution in [0.2, 0.25) is 0 Å². The van der Waals surface area contributed by atoms with E-state index >= 15 is 0 Å². The number of benzene rings is 2. The molecule has 6 heteroatoms. The molecule has 0 N–H and O–H groups in total. The fourth-order valence-electron chi connectivity index (χ4n) is 4.27. The first-order chi connectivity index (χ1) is 15.6. The Morgan fingerprint density at radius 2 is 1.79 bits per heavy atom. The van der Waals surface area contributed by atoms with Crippen LogP contribution in [-0.4, -0.2) is 42.6 Å². The van der Waals surface area contributed by atoms with Crippen LogP contribution in [0, 0.1) is 17.2 Å². The van der Waals surface area contributed by atoms with Crippen molar-refractivity contribution >= 4 is 11.9 Å². The fourth-order valence-corrected chi connectivity index (χ4v) is 4.27. The Morgan fingerprint density at radius 1 is 1.09 bits per heavy atom. The van der Waals surface area contributed by atoms with Crippen molar-refractivity contribution in [1.29, 1.82) is 5.26 Å². The summed E-state index contributed by atoms with van der Waals surface area (Å²) in [7, 11) is 1.68. The lowest BCUT2D eigenvalue weighted by Crippen LogP contribution is -2.42. The number of Topliss-reactive ketones (excluding diaryl/α,β-unsaturated/α-hetero) is 1. The summed E-state index contributed by atoms with van der Waals surface area (Å²) < 4.78 is 11.4. The van der Waals surface area contributed by atoms with Gasteiger partial charge in [-0.15, -0.1) is 0 Å². The van der Waals surface area contributed by atoms with Gasteiger partial charge in [-0.25, -0.2) is 4.79 Å². The zero-order chi connectivity index (χ0) is 24.2. The number of ether oxygens (including phenoxy) is 2. The standard InChI is InChI=1S/C27H32N2O4/c1-18(30)22-14-23(21-8-6-7-19(13-21)17-28)16-24(15-22)25(32-5)20-9-11-29(12-10-20)26(31)33-27(2,3)4/h6-8,13-16,20,25H,9-12H2,1-5H3. The van der Waals surface area contributed by atoms with E-state index in [1.54, 1.807) is 25.0 Å². The second-order valence-corrected chi connectivity index (χ2v) is 9.55. The average Bonchev–Trinajstić information content (AvgIpc) is 2.78. The quantitative estimate of drug-likeness (QED) is 0.543. The first-order valence-corrected chi connectivity index (χ1v) is 11.3. The minimum atomic E-state index is -0.518. The number of ketones is 1. The second-order valence-electron chi connectivity index (χ2n) is 9.55. The van der Waals surface area contributed by atoms with E-state index < -0.39 is 5.60 Å². The molecule has 33 heavy (non-hydrogen) atoms. The molecular weight excluding hydrogens is 416 g/mol. The monoisotopic (exact) mass is 448 g/mol. The third kappa shape index (κ3) is 6.21. The third-order valence-electron chi connectivity index (χ3n) is 5.89. The van der Waals surface area contributed by atoms with Crippen molar-refractivity contribution in [3.63, 3.8) is 0 Å². The number of hydrogen-bond donors (Lipinski definition) is 0. The van der Waals surface area contributed by atoms with E-state index in [0.29, 0.717) is 24.2 Å². The van der Waals surface area contributed by atoms with Crippen molar-refractivity contribution < 1.29 is 19.1 Å². The summed E-state index contributed by atoms with van der Waals surface area (Å²) in [5, 5.41) is 9.26. The van der Waals surface area contributed by atoms with E-state index in [0.717, 1.165) is 29.5 Å². The Kier molecular flexibility index (Phi) is 7.55. The van der Waals surface area contributed by atoms with Crippen molar-refractivity contribution in [2.75, 3.05) is 20.2 Å². The van der Waals surface area contributed by atoms with Gasteiger partial charge in [0.2, 0.25) is 0 Å². The van der Waals surface area contributed by atoms with Gasteiger partial charge in [0.25, 0.3) is 0 Å². The van der Waals surface area contributed by atoms with Gasteiger partial charge in [0, 0.05) is 25.8 Å². The van der Waals surface area contributed by atoms with Crippen LogP contribution < -0.4 is 0 Å². The molecule has 1 aliphatic rings. The zero-order valence-corrected chi connectivity index (χ0v) is 20.1. The minimum absolute atomic E-state index is 0.0239. The number of likely N-dealkylation sites (tertiary alicyclic amines) is 1. The molecule has 3 rings (SSSR count). The molecule has 174 valence electrons. The number of nitrogens with zero attached hydrogens (tertiary/aromatic N) is 2. The number of piperidine rings is 1. The number of carbonyl (C=O) groups excluding carboxylic acids is 2. The van der Waals surface area contributed by atoms with Crippen LogP contribution in [0.4, 0.5) is 4.79 Å². The molecule has 2 aromatic carbocycles. The van der Waals surface area contributed by atoms with Gasteiger partial charge in [0.1, 0.15) is 5.60 Å². The summed E-state index contributed by atoms with van der Waals surface area (Å²) >= 11 is 0. The van der Waals surface area contributed by atoms with Crippen molar-refractivity contribution in [2.24, 2.45) is 5.92 Å². The van der Waals surface area contributed by atoms with Crippen LogP contribution in [0.25, 0.3) is 11.1 Å². The number of carbonyl (C=O) groups is 2. The van der Waals surface area contributed by atoms with Crippen LogP contribution in [0.5, 0.6) is 0 Å². The smallest absolute Gasteiger partial charge is 0.410 e. The van der Waals surface area contributed by atoms with Gasteiger partial charge in [-0.1, -0.05) is 12.1 Å². The van der Waals surface area contributed by atoms with Gasteiger partial charge in [0.05, 0.1) is 17.7 Å². The van der Waals surface area contributed by atoms with Gasteiger partial charge in [-0.2, -0.15) is 5.26 Å². The second kappa shape index (κ2) is 10.2. The summed E-state index contributed by atoms with van der Waals surface area (Å²) in [5.74, 6) is 0.179. The predicted octanol–water partition coefficient (Wildman–Crippen LogP) is 5.76. The molecular formula is C27H32N2O4. The predicted molar refractivity (Wildman–Crippen MR) is 127 cm³/mol. The SMILES string of the molecule is COC(c1cc(C(C)=O)cc(-c2cccc(C#N)c2)c1)C1CCN(C(=O)OC(C)(C)C)CC1. The largest absolute Gasteiger partial charge is 0.444 e. The number of methoxy groups -OCH3 is 1. The Morgan fingerprint density at radius 3 is 2.36 bits per heavy atom. The molecule has 1 saturated heterocycles. The molecule has 0 bridgehead atoms. The normalized spacial score (nSPS) is 15.6. The maximum atomic E-state index is 12.4. The maximum Gasteiger partial charge on any atom is 0.410 e. The first kappa shape index (κ1) is 24.5. The van der Waals surface area contributed by atoms with Gasteiger partial charge in [-0.3, -0.25) is 4.79 Å². The minimum Gasteiger partial charge on any atom is -0.444 e. The van der Waals surface area contributed by atoms with Gasteiger partial charge >= 0.3 is 6.09 Å². The highest BCUT2D eigenvalue weighted by Crippen LogP contribution is 2.36. The Balaban J connectivity index is 1.85. The molecule has 0 aliphatic carbocycles. The lowest BCUT2D eigenvalue weighted by Gasteiger charge is -2.36. The number of rotatable bonds is 5. The molecule has 6 nitrogen and oxygen atoms in total. The maximum absolute atomic E-state index is 12.4. The van der Waals surface area contributed by atoms with Crippen molar-refractivity contribution in [3.05, 3.63) is 59.2 Å². The third-order valence-corrected chi connectivity index (χ3v) is 5.89. The fraction of sp³-hybridized carbons (Fsp3) is 0.444. The first-order valence-electron chi connectivity index (χ1n) is 11.3. The van der Waals surface area contributed by atoms with Crippen LogP contribution in [0.3, 0.4) is 0 Å². The lowest BCUT2D eigenvalue weighted by atomic mass is 9.85. The molecule has 0 saturated carbocycles. The zero-order valence-electron chi connectivity index (χ0n) is 20.1. The molecule has 0 spiro atoms. The highest BCUT2D eigenvalue weighted by atomic mass is 16.6. The highest BCUT2D eigenvalue weighted by molar-refractivity contribution is 5.95. The summed E-state index contributed by atoms with van der Waals surface area (Å²) in [6.07, 6.45) is 1.07. The molecule has 2 aromatic rings. The van der Waals surface area contributed by atoms with E-state index in [4.69, 9.17) is 9.47 Å². The van der Waals surface area contributed by atoms with Crippen LogP contribution in [0.15, 0.2) is 42.5 Å². The van der Waals surface area contributed by atoms with Gasteiger partial charge in [0.15, 0.2) is 5.78 Å². The molecule has 1 amide bonds. The lowest BCUT2D eigenvalue weighted by molar-refractivity contribution is -0.00233. The van der Waals surface area contributed by atoms with E-state index in [1.807, 2.05) is 57.2 Å². The van der Waals surface area contributed by atoms with Crippen molar-refractivity contribution in [3.8, 4) is 17.2 Å². The summed E-state index contributed by atoms with van der Waals surface area (Å²) in [6.45, 7) is 8.35. The number of hydrogen-bond acceptors (Lipinski definition) is 5. The van der Waals surface area contributed by atoms with Crippen molar-refractivity contribution in [1.82, 2.24) is 4.90 Å².